The number of hydrogen-bond donors (Lipinski definition) is 1. The second-order valence-electron chi connectivity index (χ2n) is 11.8. The Hall–Kier alpha value is -3.60. The number of allylic oxidation sites excluding steroid dienone is 1. The molecule has 0 radical (unpaired) electrons. The van der Waals surface area contributed by atoms with Crippen LogP contribution in [0.25, 0.3) is 0 Å². The summed E-state index contributed by atoms with van der Waals surface area (Å²) in [5.41, 5.74) is 5.49. The van der Waals surface area contributed by atoms with E-state index < -0.39 is 0 Å². The molecule has 4 aliphatic rings. The number of nitrogens with one attached hydrogen (secondary N) is 1. The number of aldehydes is 1. The normalized spacial score (nSPS) is 21.7. The van der Waals surface area contributed by atoms with Gasteiger partial charge in [-0.15, -0.1) is 0 Å². The summed E-state index contributed by atoms with van der Waals surface area (Å²) in [5, 5.41) is 0. The number of piperazine rings is 1. The molecule has 0 saturated carbocycles. The summed E-state index contributed by atoms with van der Waals surface area (Å²) >= 11 is 0. The maximum absolute atomic E-state index is 9.06. The summed E-state index contributed by atoms with van der Waals surface area (Å²) in [5.74, 6) is 2.08. The average Bonchev–Trinajstić information content (AvgIpc) is 3.84. The number of nitrogens with zero attached hydrogens (tertiary/aromatic N) is 7. The number of ether oxygens (including phenoxy) is 1. The highest BCUT2D eigenvalue weighted by molar-refractivity contribution is 5.63. The van der Waals surface area contributed by atoms with E-state index in [9.17, 15) is 0 Å². The molecule has 1 N–H and O–H groups in total. The van der Waals surface area contributed by atoms with Crippen LogP contribution in [0.4, 0.5) is 5.82 Å². The Morgan fingerprint density at radius 3 is 2.51 bits per heavy atom. The van der Waals surface area contributed by atoms with Gasteiger partial charge in [-0.1, -0.05) is 30.8 Å². The third-order valence-electron chi connectivity index (χ3n) is 8.92. The quantitative estimate of drug-likeness (QED) is 0.342. The first-order valence-corrected chi connectivity index (χ1v) is 15.5. The van der Waals surface area contributed by atoms with Gasteiger partial charge in [0.05, 0.1) is 5.69 Å². The number of anilines is 1. The van der Waals surface area contributed by atoms with E-state index in [2.05, 4.69) is 74.5 Å². The number of aromatic amines is 1. The second kappa shape index (κ2) is 14.7. The van der Waals surface area contributed by atoms with Crippen molar-refractivity contribution in [3.8, 4) is 6.01 Å². The number of benzene rings is 1. The van der Waals surface area contributed by atoms with Gasteiger partial charge in [-0.3, -0.25) is 9.69 Å². The third-order valence-corrected chi connectivity index (χ3v) is 8.92. The van der Waals surface area contributed by atoms with Crippen LogP contribution < -0.4 is 9.64 Å². The molecule has 10 nitrogen and oxygen atoms in total. The molecule has 230 valence electrons. The standard InChI is InChI=1S/C26H36N6O.C4H6N2.C3H4O/c1-29-12-14-31(15-13-29)25-22-16-32(24-10-9-19-6-3-4-8-21(19)24)17-23(22)27-26(28-25)33-18-20-7-5-11-30(20)2;1-4-5-2-3-6-4;1-2-3-4/h3-4,6,8,20,24H,5,7,9-18H2,1-2H3;2-3H,1H3,(H,5,6);2-3H,1H2/t20-,24?;;/m0../s1. The van der Waals surface area contributed by atoms with Gasteiger partial charge in [0.15, 0.2) is 0 Å². The highest BCUT2D eigenvalue weighted by Crippen LogP contribution is 2.41. The van der Waals surface area contributed by atoms with Crippen LogP contribution in [0, 0.1) is 6.92 Å². The molecule has 1 aromatic carbocycles. The fourth-order valence-corrected chi connectivity index (χ4v) is 6.42. The van der Waals surface area contributed by atoms with Gasteiger partial charge in [0.2, 0.25) is 0 Å². The molecule has 5 heterocycles. The number of likely N-dealkylation sites (tertiary alicyclic amines) is 1. The van der Waals surface area contributed by atoms with Crippen molar-refractivity contribution in [3.05, 3.63) is 77.5 Å². The van der Waals surface area contributed by atoms with Crippen LogP contribution in [0.2, 0.25) is 0 Å². The predicted octanol–water partition coefficient (Wildman–Crippen LogP) is 3.79. The van der Waals surface area contributed by atoms with E-state index >= 15 is 0 Å². The van der Waals surface area contributed by atoms with E-state index in [0.29, 0.717) is 31.0 Å². The van der Waals surface area contributed by atoms with Crippen LogP contribution in [0.5, 0.6) is 6.01 Å². The summed E-state index contributed by atoms with van der Waals surface area (Å²) in [6, 6.07) is 10.5. The second-order valence-corrected chi connectivity index (χ2v) is 11.8. The van der Waals surface area contributed by atoms with Gasteiger partial charge >= 0.3 is 6.01 Å². The van der Waals surface area contributed by atoms with Crippen molar-refractivity contribution in [1.29, 1.82) is 0 Å². The molecule has 1 unspecified atom stereocenters. The summed E-state index contributed by atoms with van der Waals surface area (Å²) in [7, 11) is 4.39. The maximum Gasteiger partial charge on any atom is 0.318 e. The number of H-pyrrole nitrogens is 1. The molecule has 2 saturated heterocycles. The molecule has 10 heteroatoms. The Kier molecular flexibility index (Phi) is 10.6. The number of imidazole rings is 1. The van der Waals surface area contributed by atoms with Crippen molar-refractivity contribution in [2.24, 2.45) is 0 Å². The van der Waals surface area contributed by atoms with Gasteiger partial charge < -0.3 is 24.4 Å². The van der Waals surface area contributed by atoms with Crippen LogP contribution in [-0.2, 0) is 24.3 Å². The van der Waals surface area contributed by atoms with Gasteiger partial charge in [0, 0.05) is 69.3 Å². The third kappa shape index (κ3) is 7.68. The van der Waals surface area contributed by atoms with Crippen LogP contribution >= 0.6 is 0 Å². The van der Waals surface area contributed by atoms with E-state index in [4.69, 9.17) is 19.5 Å². The number of aryl methyl sites for hydroxylation is 2. The molecule has 43 heavy (non-hydrogen) atoms. The lowest BCUT2D eigenvalue weighted by Gasteiger charge is -2.34. The Morgan fingerprint density at radius 2 is 1.86 bits per heavy atom. The fraction of sp³-hybridized carbons (Fsp3) is 0.515. The summed E-state index contributed by atoms with van der Waals surface area (Å²) in [4.78, 5) is 35.6. The number of hydrogen-bond acceptors (Lipinski definition) is 9. The van der Waals surface area contributed by atoms with Crippen molar-refractivity contribution in [3.63, 3.8) is 0 Å². The topological polar surface area (TPSA) is 93.7 Å². The SMILES string of the molecule is C=CC=O.CN1CCN(c2nc(OC[C@@H]3CCCN3C)nc3c2CN(C2CCc4ccccc42)C3)CC1.Cc1ncc[nH]1. The highest BCUT2D eigenvalue weighted by Gasteiger charge is 2.35. The monoisotopic (exact) mass is 586 g/mol. The number of carbonyl (C=O) groups is 1. The van der Waals surface area contributed by atoms with Gasteiger partial charge in [0.25, 0.3) is 0 Å². The summed E-state index contributed by atoms with van der Waals surface area (Å²) < 4.78 is 6.24. The molecular formula is C33H46N8O2. The lowest BCUT2D eigenvalue weighted by Crippen LogP contribution is -2.45. The van der Waals surface area contributed by atoms with Crippen molar-refractivity contribution in [2.45, 2.75) is 57.8 Å². The number of likely N-dealkylation sites (N-methyl/N-ethyl adjacent to an activating group) is 2. The van der Waals surface area contributed by atoms with Crippen LogP contribution in [0.15, 0.2) is 49.3 Å². The predicted molar refractivity (Wildman–Crippen MR) is 169 cm³/mol. The van der Waals surface area contributed by atoms with E-state index in [1.165, 1.54) is 48.4 Å². The molecule has 2 aromatic heterocycles. The minimum absolute atomic E-state index is 0.473. The Morgan fingerprint density at radius 1 is 1.07 bits per heavy atom. The van der Waals surface area contributed by atoms with Gasteiger partial charge in [-0.05, 0) is 70.5 Å². The molecule has 0 amide bonds. The maximum atomic E-state index is 9.06. The molecule has 1 aliphatic carbocycles. The first-order valence-electron chi connectivity index (χ1n) is 15.5. The van der Waals surface area contributed by atoms with Crippen molar-refractivity contribution < 1.29 is 9.53 Å². The average molecular weight is 587 g/mol. The Bertz CT molecular complexity index is 1330. The Labute approximate surface area is 255 Å². The first kappa shape index (κ1) is 30.8. The molecular weight excluding hydrogens is 540 g/mol. The van der Waals surface area contributed by atoms with Crippen molar-refractivity contribution in [2.75, 3.05) is 58.3 Å². The highest BCUT2D eigenvalue weighted by atomic mass is 16.5. The lowest BCUT2D eigenvalue weighted by atomic mass is 10.1. The molecule has 3 aromatic rings. The largest absolute Gasteiger partial charge is 0.462 e. The molecule has 3 aliphatic heterocycles. The molecule has 7 rings (SSSR count). The van der Waals surface area contributed by atoms with E-state index in [0.717, 1.165) is 63.1 Å². The number of rotatable bonds is 6. The molecule has 0 bridgehead atoms. The van der Waals surface area contributed by atoms with E-state index in [1.54, 1.807) is 12.4 Å². The van der Waals surface area contributed by atoms with Crippen molar-refractivity contribution >= 4 is 12.1 Å². The molecule has 2 fully saturated rings. The zero-order valence-electron chi connectivity index (χ0n) is 25.9. The summed E-state index contributed by atoms with van der Waals surface area (Å²) in [6.07, 6.45) is 10.2. The number of carbonyl (C=O) groups excluding carboxylic acids is 1. The molecule has 0 spiro atoms. The van der Waals surface area contributed by atoms with Gasteiger partial charge in [0.1, 0.15) is 24.5 Å². The van der Waals surface area contributed by atoms with E-state index in [1.807, 2.05) is 6.92 Å². The lowest BCUT2D eigenvalue weighted by molar-refractivity contribution is -0.104. The zero-order valence-corrected chi connectivity index (χ0v) is 25.9. The number of aromatic nitrogens is 4. The smallest absolute Gasteiger partial charge is 0.318 e. The fourth-order valence-electron chi connectivity index (χ4n) is 6.42. The van der Waals surface area contributed by atoms with Crippen LogP contribution in [0.1, 0.15) is 53.5 Å². The molecule has 2 atom stereocenters. The first-order chi connectivity index (χ1) is 21.0. The van der Waals surface area contributed by atoms with Gasteiger partial charge in [-0.25, -0.2) is 4.98 Å². The minimum Gasteiger partial charge on any atom is -0.462 e. The number of fused-ring (bicyclic) bond motifs is 2. The van der Waals surface area contributed by atoms with E-state index in [-0.39, 0.29) is 0 Å². The van der Waals surface area contributed by atoms with Gasteiger partial charge in [-0.2, -0.15) is 9.97 Å². The Balaban J connectivity index is 0.000000316. The zero-order chi connectivity index (χ0) is 30.2. The summed E-state index contributed by atoms with van der Waals surface area (Å²) in [6.45, 7) is 12.8. The van der Waals surface area contributed by atoms with Crippen molar-refractivity contribution in [1.82, 2.24) is 34.6 Å². The van der Waals surface area contributed by atoms with Crippen LogP contribution in [0.3, 0.4) is 0 Å². The minimum atomic E-state index is 0.473. The van der Waals surface area contributed by atoms with Crippen LogP contribution in [-0.4, -0.2) is 100 Å².